The molecule has 0 radical (unpaired) electrons. The molecule has 2 rings (SSSR count). The Labute approximate surface area is 82.4 Å². The van der Waals surface area contributed by atoms with E-state index in [2.05, 4.69) is 26.8 Å². The summed E-state index contributed by atoms with van der Waals surface area (Å²) >= 11 is 0. The van der Waals surface area contributed by atoms with E-state index in [1.54, 1.807) is 5.57 Å². The summed E-state index contributed by atoms with van der Waals surface area (Å²) in [4.78, 5) is 0. The van der Waals surface area contributed by atoms with Crippen LogP contribution in [0.2, 0.25) is 0 Å². The minimum Gasteiger partial charge on any atom is -0.0828 e. The lowest BCUT2D eigenvalue weighted by Gasteiger charge is -2.34. The maximum atomic E-state index is 2.48. The first-order valence-corrected chi connectivity index (χ1v) is 5.87. The lowest BCUT2D eigenvalue weighted by molar-refractivity contribution is 0.186. The second kappa shape index (κ2) is 3.48. The fourth-order valence-corrected chi connectivity index (χ4v) is 3.31. The smallest absolute Gasteiger partial charge is 0.0175 e. The third-order valence-electron chi connectivity index (χ3n) is 4.02. The van der Waals surface area contributed by atoms with E-state index in [1.165, 1.54) is 25.7 Å². The summed E-state index contributed by atoms with van der Waals surface area (Å²) in [5.41, 5.74) is 1.68. The van der Waals surface area contributed by atoms with E-state index in [-0.39, 0.29) is 0 Å². The van der Waals surface area contributed by atoms with Crippen LogP contribution in [0.15, 0.2) is 11.6 Å². The molecule has 3 unspecified atom stereocenters. The topological polar surface area (TPSA) is 0 Å². The van der Waals surface area contributed by atoms with E-state index in [4.69, 9.17) is 0 Å². The largest absolute Gasteiger partial charge is 0.0828 e. The SMILES string of the molecule is C/C(=C\C(C)C)C1CCC2CCC21. The minimum atomic E-state index is 0.735. The monoisotopic (exact) mass is 178 g/mol. The van der Waals surface area contributed by atoms with Gasteiger partial charge in [0, 0.05) is 0 Å². The van der Waals surface area contributed by atoms with E-state index in [0.717, 1.165) is 23.7 Å². The van der Waals surface area contributed by atoms with Crippen LogP contribution >= 0.6 is 0 Å². The summed E-state index contributed by atoms with van der Waals surface area (Å²) in [5.74, 6) is 3.88. The summed E-state index contributed by atoms with van der Waals surface area (Å²) < 4.78 is 0. The highest BCUT2D eigenvalue weighted by atomic mass is 14.5. The zero-order valence-electron chi connectivity index (χ0n) is 9.22. The first-order valence-electron chi connectivity index (χ1n) is 5.87. The molecular weight excluding hydrogens is 156 g/mol. The van der Waals surface area contributed by atoms with Crippen LogP contribution in [0.25, 0.3) is 0 Å². The second-order valence-electron chi connectivity index (χ2n) is 5.34. The van der Waals surface area contributed by atoms with Crippen LogP contribution in [0.5, 0.6) is 0 Å². The molecule has 0 aromatic rings. The van der Waals surface area contributed by atoms with Crippen molar-refractivity contribution in [2.24, 2.45) is 23.7 Å². The molecule has 2 fully saturated rings. The molecule has 2 aliphatic rings. The van der Waals surface area contributed by atoms with Gasteiger partial charge in [-0.05, 0) is 56.3 Å². The third-order valence-corrected chi connectivity index (χ3v) is 4.02. The van der Waals surface area contributed by atoms with Crippen LogP contribution in [0, 0.1) is 23.7 Å². The van der Waals surface area contributed by atoms with Gasteiger partial charge in [0.25, 0.3) is 0 Å². The molecule has 0 saturated heterocycles. The maximum Gasteiger partial charge on any atom is -0.0175 e. The molecule has 0 heteroatoms. The fourth-order valence-electron chi connectivity index (χ4n) is 3.31. The molecule has 0 aromatic carbocycles. The standard InChI is InChI=1S/C13H22/c1-9(2)8-10(3)12-6-4-11-5-7-13(11)12/h8-9,11-13H,4-7H2,1-3H3/b10-8+. The van der Waals surface area contributed by atoms with Crippen molar-refractivity contribution in [2.75, 3.05) is 0 Å². The molecule has 0 amide bonds. The van der Waals surface area contributed by atoms with E-state index >= 15 is 0 Å². The van der Waals surface area contributed by atoms with Gasteiger partial charge in [-0.2, -0.15) is 0 Å². The summed E-state index contributed by atoms with van der Waals surface area (Å²) in [6.45, 7) is 6.93. The van der Waals surface area contributed by atoms with Gasteiger partial charge >= 0.3 is 0 Å². The Kier molecular flexibility index (Phi) is 2.49. The Hall–Kier alpha value is -0.260. The Morgan fingerprint density at radius 2 is 1.85 bits per heavy atom. The van der Waals surface area contributed by atoms with E-state index in [9.17, 15) is 0 Å². The molecule has 2 saturated carbocycles. The zero-order valence-corrected chi connectivity index (χ0v) is 9.22. The van der Waals surface area contributed by atoms with Gasteiger partial charge in [0.05, 0.1) is 0 Å². The molecule has 0 spiro atoms. The molecule has 0 N–H and O–H groups in total. The Morgan fingerprint density at radius 3 is 2.31 bits per heavy atom. The zero-order chi connectivity index (χ0) is 9.42. The summed E-state index contributed by atoms with van der Waals surface area (Å²) in [6.07, 6.45) is 8.50. The maximum absolute atomic E-state index is 2.48. The first kappa shape index (κ1) is 9.30. The number of allylic oxidation sites excluding steroid dienone is 2. The average Bonchev–Trinajstić information content (AvgIpc) is 2.25. The number of hydrogen-bond acceptors (Lipinski definition) is 0. The Morgan fingerprint density at radius 1 is 1.15 bits per heavy atom. The normalized spacial score (nSPS) is 39.1. The molecular formula is C13H22. The van der Waals surface area contributed by atoms with Crippen molar-refractivity contribution >= 4 is 0 Å². The van der Waals surface area contributed by atoms with Crippen molar-refractivity contribution in [3.8, 4) is 0 Å². The van der Waals surface area contributed by atoms with Gasteiger partial charge in [-0.1, -0.05) is 25.5 Å². The van der Waals surface area contributed by atoms with Crippen LogP contribution in [0.4, 0.5) is 0 Å². The molecule has 0 heterocycles. The van der Waals surface area contributed by atoms with Gasteiger partial charge < -0.3 is 0 Å². The quantitative estimate of drug-likeness (QED) is 0.560. The second-order valence-corrected chi connectivity index (χ2v) is 5.34. The molecule has 0 aromatic heterocycles. The summed E-state index contributed by atoms with van der Waals surface area (Å²) in [6, 6.07) is 0. The van der Waals surface area contributed by atoms with Crippen molar-refractivity contribution in [1.82, 2.24) is 0 Å². The number of hydrogen-bond donors (Lipinski definition) is 0. The predicted octanol–water partition coefficient (Wildman–Crippen LogP) is 4.02. The molecule has 0 bridgehead atoms. The Balaban J connectivity index is 2.01. The van der Waals surface area contributed by atoms with Crippen LogP contribution in [-0.2, 0) is 0 Å². The van der Waals surface area contributed by atoms with Gasteiger partial charge in [0.1, 0.15) is 0 Å². The highest BCUT2D eigenvalue weighted by molar-refractivity contribution is 5.11. The van der Waals surface area contributed by atoms with Gasteiger partial charge in [0.15, 0.2) is 0 Å². The molecule has 2 aliphatic carbocycles. The van der Waals surface area contributed by atoms with Crippen molar-refractivity contribution in [2.45, 2.75) is 46.5 Å². The lowest BCUT2D eigenvalue weighted by Crippen LogP contribution is -2.25. The van der Waals surface area contributed by atoms with Crippen molar-refractivity contribution in [3.05, 3.63) is 11.6 Å². The van der Waals surface area contributed by atoms with Crippen LogP contribution in [0.3, 0.4) is 0 Å². The highest BCUT2D eigenvalue weighted by Crippen LogP contribution is 2.52. The third kappa shape index (κ3) is 1.68. The molecule has 0 nitrogen and oxygen atoms in total. The fraction of sp³-hybridized carbons (Fsp3) is 0.846. The molecule has 0 aliphatic heterocycles. The summed E-state index contributed by atoms with van der Waals surface area (Å²) in [7, 11) is 0. The lowest BCUT2D eigenvalue weighted by atomic mass is 9.71. The predicted molar refractivity (Wildman–Crippen MR) is 57.5 cm³/mol. The minimum absolute atomic E-state index is 0.735. The highest BCUT2D eigenvalue weighted by Gasteiger charge is 2.42. The molecule has 13 heavy (non-hydrogen) atoms. The first-order chi connectivity index (χ1) is 6.18. The van der Waals surface area contributed by atoms with E-state index in [1.807, 2.05) is 0 Å². The summed E-state index contributed by atoms with van der Waals surface area (Å²) in [5, 5.41) is 0. The van der Waals surface area contributed by atoms with Crippen molar-refractivity contribution < 1.29 is 0 Å². The van der Waals surface area contributed by atoms with E-state index in [0.29, 0.717) is 0 Å². The van der Waals surface area contributed by atoms with Gasteiger partial charge in [-0.25, -0.2) is 0 Å². The van der Waals surface area contributed by atoms with Crippen LogP contribution in [0.1, 0.15) is 46.5 Å². The van der Waals surface area contributed by atoms with Crippen LogP contribution < -0.4 is 0 Å². The van der Waals surface area contributed by atoms with Gasteiger partial charge in [-0.3, -0.25) is 0 Å². The van der Waals surface area contributed by atoms with Crippen LogP contribution in [-0.4, -0.2) is 0 Å². The number of rotatable bonds is 2. The van der Waals surface area contributed by atoms with Gasteiger partial charge in [-0.15, -0.1) is 0 Å². The Bertz CT molecular complexity index is 212. The van der Waals surface area contributed by atoms with E-state index < -0.39 is 0 Å². The molecule has 3 atom stereocenters. The van der Waals surface area contributed by atoms with Crippen molar-refractivity contribution in [3.63, 3.8) is 0 Å². The van der Waals surface area contributed by atoms with Gasteiger partial charge in [0.2, 0.25) is 0 Å². The average molecular weight is 178 g/mol. The number of fused-ring (bicyclic) bond motifs is 1. The van der Waals surface area contributed by atoms with Crippen molar-refractivity contribution in [1.29, 1.82) is 0 Å². The molecule has 74 valence electrons.